The molecule has 7 nitrogen and oxygen atoms in total. The number of halogens is 4. The van der Waals surface area contributed by atoms with Gasteiger partial charge in [-0.15, -0.1) is 0 Å². The van der Waals surface area contributed by atoms with Gasteiger partial charge in [-0.3, -0.25) is 14.6 Å². The zero-order valence-corrected chi connectivity index (χ0v) is 24.2. The molecule has 0 bridgehead atoms. The number of benzene rings is 2. The number of aromatic nitrogens is 3. The fourth-order valence-electron chi connectivity index (χ4n) is 4.32. The lowest BCUT2D eigenvalue weighted by molar-refractivity contribution is -0.137. The molecule has 0 saturated heterocycles. The van der Waals surface area contributed by atoms with Gasteiger partial charge in [0.05, 0.1) is 11.3 Å². The summed E-state index contributed by atoms with van der Waals surface area (Å²) < 4.78 is 53.6. The molecule has 1 amide bonds. The summed E-state index contributed by atoms with van der Waals surface area (Å²) in [6.07, 6.45) is -0.501. The highest BCUT2D eigenvalue weighted by Gasteiger charge is 2.30. The maximum absolute atomic E-state index is 13.5. The zero-order valence-electron chi connectivity index (χ0n) is 23.4. The van der Waals surface area contributed by atoms with E-state index < -0.39 is 17.3 Å². The molecule has 0 aliphatic heterocycles. The number of carbonyl (C=O) groups is 1. The minimum Gasteiger partial charge on any atom is -0.396 e. The first kappa shape index (κ1) is 31.9. The first-order chi connectivity index (χ1) is 20.6. The summed E-state index contributed by atoms with van der Waals surface area (Å²) in [5, 5.41) is 9.70. The van der Waals surface area contributed by atoms with E-state index >= 15 is 0 Å². The van der Waals surface area contributed by atoms with Crippen LogP contribution in [-0.4, -0.2) is 43.6 Å². The van der Waals surface area contributed by atoms with Crippen molar-refractivity contribution in [3.05, 3.63) is 111 Å². The lowest BCUT2D eigenvalue weighted by Gasteiger charge is -2.24. The Kier molecular flexibility index (Phi) is 10.7. The van der Waals surface area contributed by atoms with Gasteiger partial charge < -0.3 is 14.6 Å². The van der Waals surface area contributed by atoms with Crippen LogP contribution in [0.15, 0.2) is 83.0 Å². The smallest absolute Gasteiger partial charge is 0.396 e. The zero-order chi connectivity index (χ0) is 31.0. The van der Waals surface area contributed by atoms with Crippen molar-refractivity contribution in [2.24, 2.45) is 0 Å². The van der Waals surface area contributed by atoms with Crippen LogP contribution in [0.1, 0.15) is 35.6 Å². The first-order valence-electron chi connectivity index (χ1n) is 13.6. The Labute approximate surface area is 250 Å². The molecule has 226 valence electrons. The number of amides is 1. The number of pyridine rings is 1. The number of aliphatic hydroxyl groups excluding tert-OH is 1. The predicted octanol–water partition coefficient (Wildman–Crippen LogP) is 5.73. The molecule has 0 aliphatic carbocycles. The van der Waals surface area contributed by atoms with Crippen molar-refractivity contribution in [1.29, 1.82) is 0 Å². The van der Waals surface area contributed by atoms with E-state index in [1.54, 1.807) is 46.1 Å². The molecule has 0 unspecified atom stereocenters. The molecule has 2 aromatic heterocycles. The van der Waals surface area contributed by atoms with Crippen LogP contribution in [-0.2, 0) is 36.2 Å². The Hall–Kier alpha value is -4.03. The molecule has 12 heteroatoms. The Morgan fingerprint density at radius 2 is 1.72 bits per heavy atom. The highest BCUT2D eigenvalue weighted by molar-refractivity contribution is 7.98. The molecule has 0 saturated carbocycles. The lowest BCUT2D eigenvalue weighted by Crippen LogP contribution is -2.35. The molecule has 2 aromatic carbocycles. The molecule has 0 fully saturated rings. The second-order valence-corrected chi connectivity index (χ2v) is 10.8. The fourth-order valence-corrected chi connectivity index (χ4v) is 5.24. The predicted molar refractivity (Wildman–Crippen MR) is 156 cm³/mol. The van der Waals surface area contributed by atoms with Gasteiger partial charge in [0, 0.05) is 55.4 Å². The maximum atomic E-state index is 13.5. The molecule has 0 aliphatic rings. The van der Waals surface area contributed by atoms with Crippen LogP contribution < -0.4 is 5.56 Å². The summed E-state index contributed by atoms with van der Waals surface area (Å²) in [5.41, 5.74) is 1.66. The van der Waals surface area contributed by atoms with Crippen molar-refractivity contribution in [3.63, 3.8) is 0 Å². The first-order valence-corrected chi connectivity index (χ1v) is 14.5. The van der Waals surface area contributed by atoms with Crippen molar-refractivity contribution in [2.45, 2.75) is 49.9 Å². The second-order valence-electron chi connectivity index (χ2n) is 9.81. The van der Waals surface area contributed by atoms with Gasteiger partial charge in [-0.05, 0) is 47.9 Å². The highest BCUT2D eigenvalue weighted by Crippen LogP contribution is 2.30. The summed E-state index contributed by atoms with van der Waals surface area (Å²) in [7, 11) is 0. The van der Waals surface area contributed by atoms with Gasteiger partial charge in [-0.2, -0.15) is 18.2 Å². The number of hydrogen-bond acceptors (Lipinski definition) is 6. The van der Waals surface area contributed by atoms with Crippen LogP contribution in [0.5, 0.6) is 0 Å². The van der Waals surface area contributed by atoms with Crippen LogP contribution >= 0.6 is 11.8 Å². The molecule has 43 heavy (non-hydrogen) atoms. The second kappa shape index (κ2) is 14.4. The molecular weight excluding hydrogens is 584 g/mol. The average molecular weight is 615 g/mol. The number of carbonyl (C=O) groups excluding carboxylic acids is 1. The van der Waals surface area contributed by atoms with E-state index in [4.69, 9.17) is 0 Å². The van der Waals surface area contributed by atoms with Gasteiger partial charge in [0.15, 0.2) is 5.16 Å². The van der Waals surface area contributed by atoms with Crippen LogP contribution in [0.4, 0.5) is 17.6 Å². The van der Waals surface area contributed by atoms with Crippen LogP contribution in [0.3, 0.4) is 0 Å². The third kappa shape index (κ3) is 8.74. The van der Waals surface area contributed by atoms with Gasteiger partial charge in [-0.25, -0.2) is 4.39 Å². The average Bonchev–Trinajstić information content (AvgIpc) is 2.98. The summed E-state index contributed by atoms with van der Waals surface area (Å²) in [4.78, 5) is 36.3. The van der Waals surface area contributed by atoms with E-state index in [2.05, 4.69) is 9.97 Å². The Bertz CT molecular complexity index is 1580. The monoisotopic (exact) mass is 614 g/mol. The van der Waals surface area contributed by atoms with E-state index in [9.17, 15) is 32.3 Å². The SMILES string of the molecule is CCCN(Cc1ccc(-c2ccc(C(F)(F)F)cc2)nc1)C(=O)Cn1cc(CCO)c(=O)nc1SCc1ccc(F)cc1. The van der Waals surface area contributed by atoms with E-state index in [0.29, 0.717) is 35.1 Å². The molecule has 0 radical (unpaired) electrons. The number of alkyl halides is 3. The minimum absolute atomic E-state index is 0.0958. The van der Waals surface area contributed by atoms with E-state index in [-0.39, 0.29) is 43.4 Å². The summed E-state index contributed by atoms with van der Waals surface area (Å²) >= 11 is 1.24. The highest BCUT2D eigenvalue weighted by atomic mass is 32.2. The lowest BCUT2D eigenvalue weighted by atomic mass is 10.1. The molecule has 4 rings (SSSR count). The van der Waals surface area contributed by atoms with Gasteiger partial charge in [0.1, 0.15) is 12.4 Å². The number of rotatable bonds is 12. The van der Waals surface area contributed by atoms with Crippen molar-refractivity contribution in [2.75, 3.05) is 13.2 Å². The standard InChI is InChI=1S/C31H30F4N4O3S/c1-2-14-38(17-22-5-12-27(36-16-22)23-6-8-25(9-7-23)31(33,34)35)28(41)19-39-18-24(13-15-40)29(42)37-30(39)43-20-21-3-10-26(32)11-4-21/h3-12,16,18,40H,2,13-15,17,19-20H2,1H3. The Morgan fingerprint density at radius 1 is 1.02 bits per heavy atom. The number of thioether (sulfide) groups is 1. The van der Waals surface area contributed by atoms with Gasteiger partial charge in [-0.1, -0.05) is 49.0 Å². The quantitative estimate of drug-likeness (QED) is 0.125. The Morgan fingerprint density at radius 3 is 2.33 bits per heavy atom. The third-order valence-electron chi connectivity index (χ3n) is 6.55. The fraction of sp³-hybridized carbons (Fsp3) is 0.290. The van der Waals surface area contributed by atoms with Crippen LogP contribution in [0.2, 0.25) is 0 Å². The molecule has 0 spiro atoms. The van der Waals surface area contributed by atoms with Gasteiger partial charge >= 0.3 is 6.18 Å². The van der Waals surface area contributed by atoms with E-state index in [1.807, 2.05) is 6.92 Å². The summed E-state index contributed by atoms with van der Waals surface area (Å²) in [6.45, 7) is 2.30. The normalized spacial score (nSPS) is 11.5. The molecule has 4 aromatic rings. The van der Waals surface area contributed by atoms with Crippen LogP contribution in [0, 0.1) is 5.82 Å². The van der Waals surface area contributed by atoms with Crippen molar-refractivity contribution in [1.82, 2.24) is 19.4 Å². The van der Waals surface area contributed by atoms with Crippen LogP contribution in [0.25, 0.3) is 11.3 Å². The van der Waals surface area contributed by atoms with Gasteiger partial charge in [0.2, 0.25) is 5.91 Å². The largest absolute Gasteiger partial charge is 0.416 e. The third-order valence-corrected chi connectivity index (χ3v) is 7.61. The topological polar surface area (TPSA) is 88.3 Å². The number of nitrogens with zero attached hydrogens (tertiary/aromatic N) is 4. The van der Waals surface area contributed by atoms with E-state index in [0.717, 1.165) is 23.3 Å². The van der Waals surface area contributed by atoms with Crippen molar-refractivity contribution >= 4 is 17.7 Å². The molecule has 2 heterocycles. The van der Waals surface area contributed by atoms with Crippen molar-refractivity contribution < 1.29 is 27.5 Å². The Balaban J connectivity index is 1.50. The number of hydrogen-bond donors (Lipinski definition) is 1. The van der Waals surface area contributed by atoms with Crippen molar-refractivity contribution in [3.8, 4) is 11.3 Å². The molecule has 1 N–H and O–H groups in total. The molecule has 0 atom stereocenters. The minimum atomic E-state index is -4.42. The summed E-state index contributed by atoms with van der Waals surface area (Å²) in [5.74, 6) is -0.184. The maximum Gasteiger partial charge on any atom is 0.416 e. The van der Waals surface area contributed by atoms with Gasteiger partial charge in [0.25, 0.3) is 5.56 Å². The van der Waals surface area contributed by atoms with E-state index in [1.165, 1.54) is 36.0 Å². The number of aliphatic hydroxyl groups is 1. The molecular formula is C31H30F4N4O3S. The summed E-state index contributed by atoms with van der Waals surface area (Å²) in [6, 6.07) is 14.2.